The minimum atomic E-state index is -1.36. The smallest absolute Gasteiger partial charge is 0.327 e. The number of para-hydroxylation sites is 1. The van der Waals surface area contributed by atoms with E-state index in [1.807, 2.05) is 48.6 Å². The van der Waals surface area contributed by atoms with Crippen LogP contribution in [0.2, 0.25) is 0 Å². The highest BCUT2D eigenvalue weighted by molar-refractivity contribution is 5.95. The molecule has 14 heteroatoms. The number of ether oxygens (including phenoxy) is 4. The van der Waals surface area contributed by atoms with Crippen LogP contribution in [0.3, 0.4) is 0 Å². The average Bonchev–Trinajstić information content (AvgIpc) is 4.21. The molecular weight excluding hydrogens is 807 g/mol. The van der Waals surface area contributed by atoms with Crippen LogP contribution in [0.4, 0.5) is 0 Å². The minimum absolute atomic E-state index is 0.0296. The zero-order valence-electron chi connectivity index (χ0n) is 36.0. The summed E-state index contributed by atoms with van der Waals surface area (Å²) in [5.74, 6) is -1.81. The molecule has 63 heavy (non-hydrogen) atoms. The number of rotatable bonds is 16. The maximum Gasteiger partial charge on any atom is 0.327 e. The molecule has 4 N–H and O–H groups in total. The van der Waals surface area contributed by atoms with E-state index in [1.165, 1.54) is 0 Å². The van der Waals surface area contributed by atoms with Crippen LogP contribution < -0.4 is 10.6 Å². The number of nitrogens with one attached hydrogen (secondary N) is 2. The van der Waals surface area contributed by atoms with Crippen LogP contribution in [-0.2, 0) is 57.7 Å². The Labute approximate surface area is 367 Å². The fourth-order valence-electron chi connectivity index (χ4n) is 9.92. The number of aliphatic hydroxyl groups is 1. The number of fused-ring (bicyclic) bond motifs is 4. The minimum Gasteiger partial charge on any atom is -0.508 e. The van der Waals surface area contributed by atoms with E-state index in [0.717, 1.165) is 42.4 Å². The number of hydrogen-bond acceptors (Lipinski definition) is 12. The van der Waals surface area contributed by atoms with Crippen molar-refractivity contribution in [2.75, 3.05) is 6.61 Å². The number of hydroxylamine groups is 2. The molecule has 9 rings (SSSR count). The third-order valence-electron chi connectivity index (χ3n) is 13.2. The van der Waals surface area contributed by atoms with Crippen LogP contribution in [-0.4, -0.2) is 93.5 Å². The third-order valence-corrected chi connectivity index (χ3v) is 13.2. The van der Waals surface area contributed by atoms with E-state index < -0.39 is 71.1 Å². The molecule has 0 aromatic heterocycles. The first-order valence-corrected chi connectivity index (χ1v) is 22.3. The number of carbonyl (C=O) groups excluding carboxylic acids is 4. The number of benzene rings is 3. The summed E-state index contributed by atoms with van der Waals surface area (Å²) in [7, 11) is 0. The topological polar surface area (TPSA) is 182 Å². The van der Waals surface area contributed by atoms with E-state index in [0.29, 0.717) is 17.5 Å². The quantitative estimate of drug-likeness (QED) is 0.137. The molecule has 334 valence electrons. The van der Waals surface area contributed by atoms with Crippen LogP contribution in [0, 0.1) is 17.3 Å². The highest BCUT2D eigenvalue weighted by atomic mass is 16.8. The number of aromatic hydroxyl groups is 1. The van der Waals surface area contributed by atoms with Crippen molar-refractivity contribution in [2.24, 2.45) is 17.3 Å². The largest absolute Gasteiger partial charge is 0.508 e. The van der Waals surface area contributed by atoms with Gasteiger partial charge in [0.15, 0.2) is 11.8 Å². The van der Waals surface area contributed by atoms with Gasteiger partial charge in [0.05, 0.1) is 19.2 Å². The van der Waals surface area contributed by atoms with Crippen LogP contribution in [0.15, 0.2) is 78.9 Å². The summed E-state index contributed by atoms with van der Waals surface area (Å²) in [4.78, 5) is 61.6. The molecule has 3 aromatic carbocycles. The van der Waals surface area contributed by atoms with Gasteiger partial charge < -0.3 is 39.8 Å². The number of carbonyl (C=O) groups is 4. The van der Waals surface area contributed by atoms with Gasteiger partial charge in [-0.25, -0.2) is 0 Å². The molecule has 6 aliphatic rings. The first-order valence-electron chi connectivity index (χ1n) is 22.3. The van der Waals surface area contributed by atoms with Crippen LogP contribution >= 0.6 is 0 Å². The lowest BCUT2D eigenvalue weighted by molar-refractivity contribution is -0.235. The zero-order valence-corrected chi connectivity index (χ0v) is 36.0. The number of nitrogens with zero attached hydrogens (tertiary/aromatic N) is 1. The molecule has 3 saturated carbocycles. The van der Waals surface area contributed by atoms with E-state index in [2.05, 4.69) is 10.6 Å². The summed E-state index contributed by atoms with van der Waals surface area (Å²) in [5.41, 5.74) is 1.62. The lowest BCUT2D eigenvalue weighted by Crippen LogP contribution is -2.69. The predicted molar refractivity (Wildman–Crippen MR) is 228 cm³/mol. The molecule has 3 saturated heterocycles. The maximum atomic E-state index is 14.9. The molecule has 6 fully saturated rings. The van der Waals surface area contributed by atoms with Gasteiger partial charge >= 0.3 is 11.9 Å². The Morgan fingerprint density at radius 2 is 1.68 bits per heavy atom. The second kappa shape index (κ2) is 17.1. The molecule has 3 aliphatic heterocycles. The number of phenols is 1. The first kappa shape index (κ1) is 43.1. The molecule has 3 aromatic rings. The van der Waals surface area contributed by atoms with Crippen molar-refractivity contribution in [3.05, 3.63) is 107 Å². The molecule has 2 bridgehead atoms. The molecular formula is C49H57N3O11. The number of hydrogen-bond donors (Lipinski definition) is 4. The Balaban J connectivity index is 0.920. The van der Waals surface area contributed by atoms with E-state index in [4.69, 9.17) is 23.8 Å². The molecule has 3 aliphatic carbocycles. The average molecular weight is 864 g/mol. The second-order valence-corrected chi connectivity index (χ2v) is 19.0. The van der Waals surface area contributed by atoms with Crippen molar-refractivity contribution in [1.82, 2.24) is 15.7 Å². The normalized spacial score (nSPS) is 27.7. The van der Waals surface area contributed by atoms with Gasteiger partial charge in [0.1, 0.15) is 41.2 Å². The Hall–Kier alpha value is -5.12. The lowest BCUT2D eigenvalue weighted by Gasteiger charge is -2.48. The molecule has 0 spiro atoms. The highest BCUT2D eigenvalue weighted by Gasteiger charge is 2.78. The van der Waals surface area contributed by atoms with Crippen molar-refractivity contribution >= 4 is 29.8 Å². The van der Waals surface area contributed by atoms with Crippen molar-refractivity contribution < 1.29 is 53.2 Å². The van der Waals surface area contributed by atoms with Crippen molar-refractivity contribution in [2.45, 2.75) is 133 Å². The zero-order chi connectivity index (χ0) is 44.1. The summed E-state index contributed by atoms with van der Waals surface area (Å²) in [6, 6.07) is 20.2. The third kappa shape index (κ3) is 8.76. The van der Waals surface area contributed by atoms with Gasteiger partial charge in [0.2, 0.25) is 5.91 Å². The van der Waals surface area contributed by atoms with Gasteiger partial charge in [-0.05, 0) is 99.7 Å². The molecule has 3 heterocycles. The van der Waals surface area contributed by atoms with E-state index in [-0.39, 0.29) is 62.5 Å². The summed E-state index contributed by atoms with van der Waals surface area (Å²) < 4.78 is 25.4. The van der Waals surface area contributed by atoms with Crippen molar-refractivity contribution in [3.63, 3.8) is 0 Å². The van der Waals surface area contributed by atoms with Crippen molar-refractivity contribution in [1.29, 1.82) is 0 Å². The highest BCUT2D eigenvalue weighted by Crippen LogP contribution is 2.63. The van der Waals surface area contributed by atoms with Crippen LogP contribution in [0.1, 0.15) is 98.3 Å². The molecule has 0 unspecified atom stereocenters. The van der Waals surface area contributed by atoms with Gasteiger partial charge in [-0.1, -0.05) is 66.7 Å². The number of phenolic OH excluding ortho intramolecular Hbond substituents is 1. The van der Waals surface area contributed by atoms with Gasteiger partial charge in [-0.2, -0.15) is 5.06 Å². The van der Waals surface area contributed by atoms with E-state index >= 15 is 0 Å². The SMILES string of the molecule is CC(C)(C)OC(=O)CC[C@@H](CO)NC(=O)c1cccc(CNC(=O)[C@@]23C[C@H]4OC(=O)[C@@H]2N(Cc2ccc(C=CCc5ccccc5O)cc2)O[C@@H]3[C@H]2OC(C3CC3)(C3CC3)O[C@H]24)c1. The number of aliphatic hydroxyl groups excluding tert-OH is 1. The Bertz CT molecular complexity index is 2240. The van der Waals surface area contributed by atoms with Gasteiger partial charge in [0, 0.05) is 36.8 Å². The second-order valence-electron chi connectivity index (χ2n) is 19.0. The van der Waals surface area contributed by atoms with E-state index in [1.54, 1.807) is 62.2 Å². The molecule has 0 radical (unpaired) electrons. The Morgan fingerprint density at radius 3 is 2.38 bits per heavy atom. The van der Waals surface area contributed by atoms with Gasteiger partial charge in [0.25, 0.3) is 5.91 Å². The Morgan fingerprint density at radius 1 is 0.952 bits per heavy atom. The number of amides is 2. The fraction of sp³-hybridized carbons (Fsp3) is 0.510. The summed E-state index contributed by atoms with van der Waals surface area (Å²) in [6.07, 6.45) is 6.21. The predicted octanol–water partition coefficient (Wildman–Crippen LogP) is 5.28. The first-order chi connectivity index (χ1) is 30.3. The van der Waals surface area contributed by atoms with Gasteiger partial charge in [-0.3, -0.25) is 24.0 Å². The van der Waals surface area contributed by atoms with Crippen molar-refractivity contribution in [3.8, 4) is 5.75 Å². The Kier molecular flexibility index (Phi) is 11.7. The molecule has 7 atom stereocenters. The summed E-state index contributed by atoms with van der Waals surface area (Å²) in [5, 5.41) is 27.6. The lowest BCUT2D eigenvalue weighted by atomic mass is 9.62. The maximum absolute atomic E-state index is 14.9. The van der Waals surface area contributed by atoms with Gasteiger partial charge in [-0.15, -0.1) is 0 Å². The standard InChI is InChI=1S/C49H57N3O11/c1-47(2,3)60-39(55)23-22-36(28-53)51-44(56)33-12-7-9-31(24-33)26-50-46(58)48-25-38-40-41(62-49(61-40,34-18-19-34)35-20-21-35)43(48)63-52(42(48)45(57)59-38)27-30-16-14-29(15-17-30)8-6-11-32-10-4-5-13-37(32)54/h4-10,12-17,24,34-36,38,40-43,53-54H,11,18-23,25-28H2,1-3H3,(H,50,58)(H,51,56)/t36-,38+,40-,41-,42-,43+,48-/m0/s1. The summed E-state index contributed by atoms with van der Waals surface area (Å²) >= 11 is 0. The molecule has 2 amide bonds. The summed E-state index contributed by atoms with van der Waals surface area (Å²) in [6.45, 7) is 5.23. The number of allylic oxidation sites excluding steroid dienone is 1. The van der Waals surface area contributed by atoms with Crippen LogP contribution in [0.5, 0.6) is 5.75 Å². The number of esters is 2. The monoisotopic (exact) mass is 863 g/mol. The molecule has 14 nitrogen and oxygen atoms in total. The fourth-order valence-corrected chi connectivity index (χ4v) is 9.92. The van der Waals surface area contributed by atoms with Crippen LogP contribution in [0.25, 0.3) is 6.08 Å². The van der Waals surface area contributed by atoms with E-state index in [9.17, 15) is 29.4 Å².